The van der Waals surface area contributed by atoms with Crippen molar-refractivity contribution in [3.63, 3.8) is 0 Å². The van der Waals surface area contributed by atoms with Gasteiger partial charge >= 0.3 is 0 Å². The van der Waals surface area contributed by atoms with Gasteiger partial charge in [-0.2, -0.15) is 0 Å². The summed E-state index contributed by atoms with van der Waals surface area (Å²) in [4.78, 5) is 4.52. The Kier molecular flexibility index (Phi) is 4.34. The van der Waals surface area contributed by atoms with Crippen molar-refractivity contribution in [1.82, 2.24) is 10.3 Å². The molecule has 1 aliphatic carbocycles. The number of hydrogen-bond acceptors (Lipinski definition) is 2. The molecule has 0 saturated heterocycles. The lowest BCUT2D eigenvalue weighted by molar-refractivity contribution is 0.456. The Morgan fingerprint density at radius 3 is 2.62 bits per heavy atom. The van der Waals surface area contributed by atoms with Gasteiger partial charge in [0.05, 0.1) is 5.69 Å². The van der Waals surface area contributed by atoms with Crippen molar-refractivity contribution in [3.8, 4) is 0 Å². The molecule has 0 atom stereocenters. The SMILES string of the molecule is Cc1cccc(CNC2CCCCCC2)n1. The average molecular weight is 218 g/mol. The summed E-state index contributed by atoms with van der Waals surface area (Å²) < 4.78 is 0. The zero-order valence-electron chi connectivity index (χ0n) is 10.2. The summed E-state index contributed by atoms with van der Waals surface area (Å²) in [5.74, 6) is 0. The predicted octanol–water partition coefficient (Wildman–Crippen LogP) is 3.20. The molecule has 1 fully saturated rings. The number of pyridine rings is 1. The fourth-order valence-corrected chi connectivity index (χ4v) is 2.43. The van der Waals surface area contributed by atoms with Crippen LogP contribution < -0.4 is 5.32 Å². The van der Waals surface area contributed by atoms with E-state index in [4.69, 9.17) is 0 Å². The van der Waals surface area contributed by atoms with E-state index in [1.807, 2.05) is 0 Å². The molecule has 0 amide bonds. The van der Waals surface area contributed by atoms with E-state index < -0.39 is 0 Å². The third-order valence-electron chi connectivity index (χ3n) is 3.37. The summed E-state index contributed by atoms with van der Waals surface area (Å²) in [5.41, 5.74) is 2.28. The van der Waals surface area contributed by atoms with Crippen molar-refractivity contribution in [2.45, 2.75) is 58.0 Å². The lowest BCUT2D eigenvalue weighted by Gasteiger charge is -2.15. The minimum absolute atomic E-state index is 0.713. The Hall–Kier alpha value is -0.890. The first kappa shape index (κ1) is 11.6. The van der Waals surface area contributed by atoms with Gasteiger partial charge in [-0.25, -0.2) is 0 Å². The Labute approximate surface area is 98.5 Å². The molecule has 0 aromatic carbocycles. The van der Waals surface area contributed by atoms with Crippen molar-refractivity contribution in [3.05, 3.63) is 29.6 Å². The van der Waals surface area contributed by atoms with Crippen LogP contribution in [0.4, 0.5) is 0 Å². The van der Waals surface area contributed by atoms with Crippen molar-refractivity contribution in [1.29, 1.82) is 0 Å². The molecule has 0 unspecified atom stereocenters. The Balaban J connectivity index is 1.81. The fourth-order valence-electron chi connectivity index (χ4n) is 2.43. The van der Waals surface area contributed by atoms with Crippen LogP contribution in [-0.2, 0) is 6.54 Å². The molecule has 88 valence electrons. The largest absolute Gasteiger partial charge is 0.308 e. The first-order valence-electron chi connectivity index (χ1n) is 6.50. The zero-order valence-corrected chi connectivity index (χ0v) is 10.2. The predicted molar refractivity (Wildman–Crippen MR) is 67.3 cm³/mol. The van der Waals surface area contributed by atoms with Gasteiger partial charge in [0.15, 0.2) is 0 Å². The van der Waals surface area contributed by atoms with Crippen LogP contribution in [0, 0.1) is 6.92 Å². The summed E-state index contributed by atoms with van der Waals surface area (Å²) in [7, 11) is 0. The monoisotopic (exact) mass is 218 g/mol. The Morgan fingerprint density at radius 2 is 1.94 bits per heavy atom. The highest BCUT2D eigenvalue weighted by Crippen LogP contribution is 2.17. The van der Waals surface area contributed by atoms with Crippen molar-refractivity contribution >= 4 is 0 Å². The molecular weight excluding hydrogens is 196 g/mol. The normalized spacial score (nSPS) is 18.3. The number of nitrogens with one attached hydrogen (secondary N) is 1. The highest BCUT2D eigenvalue weighted by atomic mass is 14.9. The fraction of sp³-hybridized carbons (Fsp3) is 0.643. The second kappa shape index (κ2) is 6.00. The van der Waals surface area contributed by atoms with Crippen molar-refractivity contribution in [2.24, 2.45) is 0 Å². The molecule has 1 aliphatic rings. The summed E-state index contributed by atoms with van der Waals surface area (Å²) in [6.07, 6.45) is 8.29. The maximum absolute atomic E-state index is 4.52. The van der Waals surface area contributed by atoms with E-state index in [1.165, 1.54) is 44.2 Å². The van der Waals surface area contributed by atoms with E-state index in [1.54, 1.807) is 0 Å². The highest BCUT2D eigenvalue weighted by molar-refractivity contribution is 5.09. The molecular formula is C14H22N2. The molecule has 1 N–H and O–H groups in total. The smallest absolute Gasteiger partial charge is 0.0544 e. The number of aryl methyl sites for hydroxylation is 1. The van der Waals surface area contributed by atoms with Crippen LogP contribution in [0.25, 0.3) is 0 Å². The van der Waals surface area contributed by atoms with Crippen molar-refractivity contribution < 1.29 is 0 Å². The minimum Gasteiger partial charge on any atom is -0.308 e. The second-order valence-corrected chi connectivity index (χ2v) is 4.84. The molecule has 2 rings (SSSR count). The van der Waals surface area contributed by atoms with Crippen LogP contribution >= 0.6 is 0 Å². The maximum Gasteiger partial charge on any atom is 0.0544 e. The number of aromatic nitrogens is 1. The van der Waals surface area contributed by atoms with Crippen LogP contribution in [0.15, 0.2) is 18.2 Å². The quantitative estimate of drug-likeness (QED) is 0.788. The molecule has 2 nitrogen and oxygen atoms in total. The first-order valence-corrected chi connectivity index (χ1v) is 6.50. The molecule has 1 aromatic heterocycles. The minimum atomic E-state index is 0.713. The van der Waals surface area contributed by atoms with Crippen molar-refractivity contribution in [2.75, 3.05) is 0 Å². The Bertz CT molecular complexity index is 314. The third-order valence-corrected chi connectivity index (χ3v) is 3.37. The van der Waals surface area contributed by atoms with E-state index in [0.29, 0.717) is 6.04 Å². The van der Waals surface area contributed by atoms with Gasteiger partial charge in [-0.1, -0.05) is 31.7 Å². The molecule has 2 heteroatoms. The number of rotatable bonds is 3. The van der Waals surface area contributed by atoms with E-state index in [9.17, 15) is 0 Å². The molecule has 16 heavy (non-hydrogen) atoms. The molecule has 1 aromatic rings. The van der Waals surface area contributed by atoms with Gasteiger partial charge in [0.25, 0.3) is 0 Å². The average Bonchev–Trinajstić information content (AvgIpc) is 2.55. The number of nitrogens with zero attached hydrogens (tertiary/aromatic N) is 1. The van der Waals surface area contributed by atoms with Gasteiger partial charge in [-0.3, -0.25) is 4.98 Å². The molecule has 1 saturated carbocycles. The van der Waals surface area contributed by atoms with Crippen LogP contribution in [0.5, 0.6) is 0 Å². The molecule has 0 bridgehead atoms. The van der Waals surface area contributed by atoms with Crippen LogP contribution in [0.3, 0.4) is 0 Å². The summed E-state index contributed by atoms with van der Waals surface area (Å²) in [6, 6.07) is 6.96. The summed E-state index contributed by atoms with van der Waals surface area (Å²) in [5, 5.41) is 3.64. The van der Waals surface area contributed by atoms with Crippen LogP contribution in [-0.4, -0.2) is 11.0 Å². The van der Waals surface area contributed by atoms with Gasteiger partial charge in [-0.05, 0) is 31.9 Å². The standard InChI is InChI=1S/C14H22N2/c1-12-7-6-10-14(16-12)11-15-13-8-4-2-3-5-9-13/h6-7,10,13,15H,2-5,8-9,11H2,1H3. The first-order chi connectivity index (χ1) is 7.84. The summed E-state index contributed by atoms with van der Waals surface area (Å²) in [6.45, 7) is 2.97. The number of hydrogen-bond donors (Lipinski definition) is 1. The van der Waals surface area contributed by atoms with Crippen LogP contribution in [0.2, 0.25) is 0 Å². The molecule has 0 radical (unpaired) electrons. The van der Waals surface area contributed by atoms with Gasteiger partial charge in [0.2, 0.25) is 0 Å². The van der Waals surface area contributed by atoms with E-state index in [2.05, 4.69) is 35.4 Å². The summed E-state index contributed by atoms with van der Waals surface area (Å²) >= 11 is 0. The molecule has 0 aliphatic heterocycles. The van der Waals surface area contributed by atoms with E-state index in [0.717, 1.165) is 12.2 Å². The van der Waals surface area contributed by atoms with Gasteiger partial charge < -0.3 is 5.32 Å². The molecule has 1 heterocycles. The lowest BCUT2D eigenvalue weighted by atomic mass is 10.1. The lowest BCUT2D eigenvalue weighted by Crippen LogP contribution is -2.28. The zero-order chi connectivity index (χ0) is 11.2. The second-order valence-electron chi connectivity index (χ2n) is 4.84. The third kappa shape index (κ3) is 3.60. The van der Waals surface area contributed by atoms with E-state index >= 15 is 0 Å². The van der Waals surface area contributed by atoms with E-state index in [-0.39, 0.29) is 0 Å². The maximum atomic E-state index is 4.52. The van der Waals surface area contributed by atoms with Crippen LogP contribution in [0.1, 0.15) is 49.9 Å². The highest BCUT2D eigenvalue weighted by Gasteiger charge is 2.11. The van der Waals surface area contributed by atoms with Gasteiger partial charge in [0, 0.05) is 18.3 Å². The van der Waals surface area contributed by atoms with Gasteiger partial charge in [0.1, 0.15) is 0 Å². The molecule has 0 spiro atoms. The Morgan fingerprint density at radius 1 is 1.19 bits per heavy atom. The topological polar surface area (TPSA) is 24.9 Å². The van der Waals surface area contributed by atoms with Gasteiger partial charge in [-0.15, -0.1) is 0 Å².